The van der Waals surface area contributed by atoms with Gasteiger partial charge in [-0.15, -0.1) is 0 Å². The van der Waals surface area contributed by atoms with E-state index in [4.69, 9.17) is 4.84 Å². The first kappa shape index (κ1) is 13.8. The molecule has 2 heterocycles. The summed E-state index contributed by atoms with van der Waals surface area (Å²) in [6.45, 7) is 12.5. The molecule has 2 rings (SSSR count). The van der Waals surface area contributed by atoms with E-state index in [0.717, 1.165) is 17.1 Å². The summed E-state index contributed by atoms with van der Waals surface area (Å²) in [6, 6.07) is 0. The zero-order valence-corrected chi connectivity index (χ0v) is 10.5. The fourth-order valence-corrected chi connectivity index (χ4v) is 1.17. The Morgan fingerprint density at radius 2 is 1.67 bits per heavy atom. The third-order valence-electron chi connectivity index (χ3n) is 1.71. The highest BCUT2D eigenvalue weighted by atomic mass is 16.7. The summed E-state index contributed by atoms with van der Waals surface area (Å²) < 4.78 is 0. The molecule has 0 unspecified atom stereocenters. The number of fused-ring (bicyclic) bond motifs is 1. The number of hydroxylamine groups is 1. The van der Waals surface area contributed by atoms with Gasteiger partial charge in [0.1, 0.15) is 5.82 Å². The van der Waals surface area contributed by atoms with Crippen LogP contribution in [0, 0.1) is 13.8 Å². The smallest absolute Gasteiger partial charge is 0.245 e. The second-order valence-corrected chi connectivity index (χ2v) is 2.56. The van der Waals surface area contributed by atoms with E-state index in [9.17, 15) is 0 Å². The highest BCUT2D eigenvalue weighted by Crippen LogP contribution is 2.21. The maximum atomic E-state index is 5.06. The maximum absolute atomic E-state index is 5.06. The van der Waals surface area contributed by atoms with Gasteiger partial charge in [0, 0.05) is 5.69 Å². The molecule has 0 amide bonds. The van der Waals surface area contributed by atoms with Gasteiger partial charge in [-0.2, -0.15) is 10.5 Å². The Balaban J connectivity index is 0.000000442. The molecule has 0 aliphatic carbocycles. The second-order valence-electron chi connectivity index (χ2n) is 2.56. The number of hydrogen-bond donors (Lipinski definition) is 1. The Bertz CT molecular complexity index is 300. The van der Waals surface area contributed by atoms with E-state index in [-0.39, 0.29) is 0 Å². The fourth-order valence-electron chi connectivity index (χ4n) is 1.17. The molecule has 1 N–H and O–H groups in total. The normalized spacial score (nSPS) is 11.3. The number of aryl methyl sites for hydroxylation is 2. The molecule has 0 radical (unpaired) electrons. The van der Waals surface area contributed by atoms with E-state index >= 15 is 0 Å². The lowest BCUT2D eigenvalue weighted by atomic mass is 10.2. The molecule has 0 saturated carbocycles. The summed E-state index contributed by atoms with van der Waals surface area (Å²) in [6.07, 6.45) is 0. The van der Waals surface area contributed by atoms with Crippen LogP contribution in [0.15, 0.2) is 0 Å². The van der Waals surface area contributed by atoms with Crippen LogP contribution in [0.1, 0.15) is 44.8 Å². The fraction of sp³-hybridized carbons (Fsp3) is 0.636. The zero-order valence-electron chi connectivity index (χ0n) is 10.5. The first-order valence-electron chi connectivity index (χ1n) is 5.51. The van der Waals surface area contributed by atoms with E-state index in [1.165, 1.54) is 0 Å². The molecule has 0 bridgehead atoms. The minimum atomic E-state index is 0.676. The third-order valence-corrected chi connectivity index (χ3v) is 1.71. The Morgan fingerprint density at radius 3 is 2.27 bits per heavy atom. The maximum Gasteiger partial charge on any atom is 0.245 e. The third kappa shape index (κ3) is 3.47. The van der Waals surface area contributed by atoms with Crippen molar-refractivity contribution in [3.8, 4) is 5.88 Å². The molecule has 0 spiro atoms. The van der Waals surface area contributed by atoms with Crippen LogP contribution < -0.4 is 10.3 Å². The van der Waals surface area contributed by atoms with Gasteiger partial charge in [-0.3, -0.25) is 0 Å². The summed E-state index contributed by atoms with van der Waals surface area (Å²) in [4.78, 5) is 13.4. The van der Waals surface area contributed by atoms with Crippen molar-refractivity contribution in [1.29, 1.82) is 0 Å². The first-order chi connectivity index (χ1) is 7.27. The van der Waals surface area contributed by atoms with Crippen molar-refractivity contribution in [3.05, 3.63) is 17.1 Å². The van der Waals surface area contributed by atoms with Gasteiger partial charge in [0.25, 0.3) is 0 Å². The summed E-state index contributed by atoms with van der Waals surface area (Å²) in [5, 5.41) is 0. The van der Waals surface area contributed by atoms with Crippen molar-refractivity contribution in [2.24, 2.45) is 0 Å². The lowest BCUT2D eigenvalue weighted by molar-refractivity contribution is 0.216. The van der Waals surface area contributed by atoms with Crippen molar-refractivity contribution < 1.29 is 4.84 Å². The topological polar surface area (TPSA) is 47.0 Å². The molecule has 86 valence electrons. The van der Waals surface area contributed by atoms with Crippen LogP contribution in [-0.2, 0) is 6.54 Å². The molecule has 1 aromatic heterocycles. The van der Waals surface area contributed by atoms with Crippen LogP contribution in [0.25, 0.3) is 0 Å². The molecule has 1 aromatic rings. The van der Waals surface area contributed by atoms with Gasteiger partial charge in [-0.1, -0.05) is 27.7 Å². The number of hydrogen-bond acceptors (Lipinski definition) is 4. The van der Waals surface area contributed by atoms with Crippen LogP contribution >= 0.6 is 0 Å². The van der Waals surface area contributed by atoms with Gasteiger partial charge < -0.3 is 4.84 Å². The molecule has 4 heteroatoms. The Hall–Kier alpha value is -1.16. The van der Waals surface area contributed by atoms with Crippen LogP contribution in [0.2, 0.25) is 0 Å². The highest BCUT2D eigenvalue weighted by Gasteiger charge is 2.16. The highest BCUT2D eigenvalue weighted by molar-refractivity contribution is 5.31. The number of rotatable bonds is 0. The summed E-state index contributed by atoms with van der Waals surface area (Å²) in [5.41, 5.74) is 4.82. The van der Waals surface area contributed by atoms with E-state index in [1.54, 1.807) is 0 Å². The molecular weight excluding hydrogens is 190 g/mol. The molecule has 0 fully saturated rings. The minimum absolute atomic E-state index is 0.676. The van der Waals surface area contributed by atoms with Crippen molar-refractivity contribution in [2.75, 3.05) is 0 Å². The van der Waals surface area contributed by atoms with Crippen molar-refractivity contribution in [2.45, 2.75) is 48.1 Å². The lowest BCUT2D eigenvalue weighted by Crippen LogP contribution is -2.08. The minimum Gasteiger partial charge on any atom is -0.388 e. The van der Waals surface area contributed by atoms with Gasteiger partial charge in [0.05, 0.1) is 12.1 Å². The summed E-state index contributed by atoms with van der Waals surface area (Å²) in [5.74, 6) is 1.43. The van der Waals surface area contributed by atoms with Crippen molar-refractivity contribution in [1.82, 2.24) is 15.4 Å². The molecule has 4 nitrogen and oxygen atoms in total. The van der Waals surface area contributed by atoms with E-state index in [2.05, 4.69) is 15.4 Å². The zero-order chi connectivity index (χ0) is 11.8. The van der Waals surface area contributed by atoms with Crippen LogP contribution in [0.5, 0.6) is 5.88 Å². The Kier molecular flexibility index (Phi) is 6.62. The molecule has 0 aromatic carbocycles. The predicted molar refractivity (Wildman–Crippen MR) is 61.7 cm³/mol. The van der Waals surface area contributed by atoms with E-state index in [1.807, 2.05) is 41.5 Å². The number of nitrogens with zero attached hydrogens (tertiary/aromatic N) is 2. The number of aromatic nitrogens is 2. The predicted octanol–water partition coefficient (Wildman–Crippen LogP) is 2.54. The quantitative estimate of drug-likeness (QED) is 0.716. The Labute approximate surface area is 92.0 Å². The average molecular weight is 211 g/mol. The number of nitrogens with one attached hydrogen (secondary N) is 1. The van der Waals surface area contributed by atoms with Gasteiger partial charge in [-0.25, -0.2) is 4.98 Å². The molecular formula is C11H21N3O. The average Bonchev–Trinajstić information content (AvgIpc) is 2.72. The molecule has 15 heavy (non-hydrogen) atoms. The monoisotopic (exact) mass is 211 g/mol. The summed E-state index contributed by atoms with van der Waals surface area (Å²) >= 11 is 0. The lowest BCUT2D eigenvalue weighted by Gasteiger charge is -1.99. The van der Waals surface area contributed by atoms with Gasteiger partial charge in [0.2, 0.25) is 5.88 Å². The second kappa shape index (κ2) is 7.17. The van der Waals surface area contributed by atoms with Crippen LogP contribution in [-0.4, -0.2) is 9.97 Å². The standard InChI is InChI=1S/C7H9N3O.2C2H6/c1-4-6-3-8-11-7(6)10-5(2)9-4;2*1-2/h8H,3H2,1-2H3;2*1-2H3. The van der Waals surface area contributed by atoms with Crippen molar-refractivity contribution >= 4 is 0 Å². The molecule has 0 saturated heterocycles. The van der Waals surface area contributed by atoms with E-state index < -0.39 is 0 Å². The largest absolute Gasteiger partial charge is 0.388 e. The SMILES string of the molecule is CC.CC.Cc1nc(C)c2c(n1)ONC2. The van der Waals surface area contributed by atoms with Crippen LogP contribution in [0.3, 0.4) is 0 Å². The van der Waals surface area contributed by atoms with Gasteiger partial charge in [-0.05, 0) is 13.8 Å². The molecule has 0 atom stereocenters. The molecule has 1 aliphatic rings. The summed E-state index contributed by atoms with van der Waals surface area (Å²) in [7, 11) is 0. The van der Waals surface area contributed by atoms with E-state index in [0.29, 0.717) is 12.4 Å². The van der Waals surface area contributed by atoms with Crippen molar-refractivity contribution in [3.63, 3.8) is 0 Å². The molecule has 1 aliphatic heterocycles. The van der Waals surface area contributed by atoms with Gasteiger partial charge in [0.15, 0.2) is 0 Å². The van der Waals surface area contributed by atoms with Crippen LogP contribution in [0.4, 0.5) is 0 Å². The first-order valence-corrected chi connectivity index (χ1v) is 5.51. The van der Waals surface area contributed by atoms with Gasteiger partial charge >= 0.3 is 0 Å². The Morgan fingerprint density at radius 1 is 1.07 bits per heavy atom.